The fourth-order valence-electron chi connectivity index (χ4n) is 2.42. The van der Waals surface area contributed by atoms with E-state index in [-0.39, 0.29) is 5.91 Å². The van der Waals surface area contributed by atoms with E-state index in [1.54, 1.807) is 16.8 Å². The summed E-state index contributed by atoms with van der Waals surface area (Å²) in [4.78, 5) is 13.3. The van der Waals surface area contributed by atoms with Gasteiger partial charge in [-0.2, -0.15) is 5.26 Å². The number of hydrogen-bond donors (Lipinski definition) is 1. The summed E-state index contributed by atoms with van der Waals surface area (Å²) < 4.78 is 0.872. The van der Waals surface area contributed by atoms with Gasteiger partial charge in [-0.25, -0.2) is 0 Å². The zero-order chi connectivity index (χ0) is 15.4. The molecule has 1 aliphatic carbocycles. The van der Waals surface area contributed by atoms with Gasteiger partial charge in [0.1, 0.15) is 16.6 Å². The predicted octanol–water partition coefficient (Wildman–Crippen LogP) is 3.47. The van der Waals surface area contributed by atoms with E-state index in [2.05, 4.69) is 21.6 Å². The third-order valence-electron chi connectivity index (χ3n) is 3.43. The molecule has 0 saturated heterocycles. The van der Waals surface area contributed by atoms with Gasteiger partial charge in [-0.3, -0.25) is 4.79 Å². The van der Waals surface area contributed by atoms with Gasteiger partial charge in [-0.1, -0.05) is 23.1 Å². The summed E-state index contributed by atoms with van der Waals surface area (Å²) >= 11 is 4.56. The maximum Gasteiger partial charge on any atom is 0.225 e. The van der Waals surface area contributed by atoms with Crippen molar-refractivity contribution in [3.8, 4) is 6.07 Å². The highest BCUT2D eigenvalue weighted by Crippen LogP contribution is 2.37. The van der Waals surface area contributed by atoms with E-state index in [4.69, 9.17) is 0 Å². The molecule has 1 amide bonds. The fourth-order valence-corrected chi connectivity index (χ4v) is 5.17. The number of rotatable bonds is 5. The number of amides is 1. The second-order valence-electron chi connectivity index (χ2n) is 4.88. The molecule has 2 heterocycles. The first-order valence-electron chi connectivity index (χ1n) is 7.01. The highest BCUT2D eigenvalue weighted by molar-refractivity contribution is 8.01. The van der Waals surface area contributed by atoms with Crippen LogP contribution in [0.1, 0.15) is 35.3 Å². The Morgan fingerprint density at radius 1 is 1.45 bits per heavy atom. The summed E-state index contributed by atoms with van der Waals surface area (Å²) in [5.74, 6) is 0.612. The lowest BCUT2D eigenvalue weighted by Crippen LogP contribution is -2.12. The first-order chi connectivity index (χ1) is 10.8. The van der Waals surface area contributed by atoms with Crippen LogP contribution in [0.4, 0.5) is 5.00 Å². The molecule has 8 heteroatoms. The van der Waals surface area contributed by atoms with Crippen molar-refractivity contribution >= 4 is 45.3 Å². The summed E-state index contributed by atoms with van der Waals surface area (Å²) in [5.41, 5.74) is 3.50. The second kappa shape index (κ2) is 7.22. The van der Waals surface area contributed by atoms with Crippen LogP contribution >= 0.6 is 34.4 Å². The summed E-state index contributed by atoms with van der Waals surface area (Å²) in [7, 11) is 0. The molecule has 0 aromatic carbocycles. The number of nitriles is 1. The van der Waals surface area contributed by atoms with Gasteiger partial charge >= 0.3 is 0 Å². The smallest absolute Gasteiger partial charge is 0.225 e. The molecule has 5 nitrogen and oxygen atoms in total. The van der Waals surface area contributed by atoms with Gasteiger partial charge in [-0.15, -0.1) is 21.5 Å². The molecular formula is C14H14N4OS3. The minimum Gasteiger partial charge on any atom is -0.317 e. The van der Waals surface area contributed by atoms with Crippen molar-refractivity contribution in [2.45, 2.75) is 36.4 Å². The van der Waals surface area contributed by atoms with E-state index >= 15 is 0 Å². The summed E-state index contributed by atoms with van der Waals surface area (Å²) in [6.45, 7) is 0. The van der Waals surface area contributed by atoms with Gasteiger partial charge in [0.2, 0.25) is 5.91 Å². The zero-order valence-electron chi connectivity index (χ0n) is 11.8. The molecule has 0 fully saturated rings. The van der Waals surface area contributed by atoms with E-state index in [9.17, 15) is 10.1 Å². The van der Waals surface area contributed by atoms with Crippen LogP contribution in [0.25, 0.3) is 0 Å². The molecule has 0 atom stereocenters. The summed E-state index contributed by atoms with van der Waals surface area (Å²) in [6.07, 6.45) is 4.68. The molecule has 3 rings (SSSR count). The van der Waals surface area contributed by atoms with Gasteiger partial charge in [0.15, 0.2) is 4.34 Å². The predicted molar refractivity (Wildman–Crippen MR) is 89.6 cm³/mol. The molecular weight excluding hydrogens is 336 g/mol. The lowest BCUT2D eigenvalue weighted by Gasteiger charge is -2.09. The molecule has 0 saturated carbocycles. The average Bonchev–Trinajstić information content (AvgIpc) is 3.14. The van der Waals surface area contributed by atoms with Gasteiger partial charge in [-0.05, 0) is 31.2 Å². The fraction of sp³-hybridized carbons (Fsp3) is 0.429. The van der Waals surface area contributed by atoms with Crippen LogP contribution in [0.15, 0.2) is 9.85 Å². The van der Waals surface area contributed by atoms with Crippen LogP contribution in [-0.4, -0.2) is 21.9 Å². The lowest BCUT2D eigenvalue weighted by atomic mass is 9.96. The molecule has 2 aromatic rings. The summed E-state index contributed by atoms with van der Waals surface area (Å²) in [6, 6.07) is 2.26. The molecule has 0 unspecified atom stereocenters. The molecule has 0 spiro atoms. The monoisotopic (exact) mass is 350 g/mol. The van der Waals surface area contributed by atoms with Crippen molar-refractivity contribution in [3.63, 3.8) is 0 Å². The average molecular weight is 350 g/mol. The maximum absolute atomic E-state index is 12.1. The number of aryl methyl sites for hydroxylation is 1. The molecule has 114 valence electrons. The normalized spacial score (nSPS) is 13.4. The van der Waals surface area contributed by atoms with Crippen LogP contribution in [-0.2, 0) is 17.6 Å². The van der Waals surface area contributed by atoms with Crippen molar-refractivity contribution < 1.29 is 4.79 Å². The van der Waals surface area contributed by atoms with E-state index in [0.29, 0.717) is 17.7 Å². The molecule has 1 aliphatic rings. The molecule has 0 bridgehead atoms. The number of nitrogens with zero attached hydrogens (tertiary/aromatic N) is 3. The number of carbonyl (C=O) groups excluding carboxylic acids is 1. The quantitative estimate of drug-likeness (QED) is 0.835. The standard InChI is InChI=1S/C14H14N4OS3/c15-7-10-9-3-1-2-4-11(9)22-13(10)17-12(19)5-6-20-14-18-16-8-21-14/h8H,1-6H2,(H,17,19). The Kier molecular flexibility index (Phi) is 5.08. The second-order valence-corrected chi connectivity index (χ2v) is 8.16. The largest absolute Gasteiger partial charge is 0.317 e. The van der Waals surface area contributed by atoms with E-state index in [1.807, 2.05) is 0 Å². The Bertz CT molecular complexity index is 702. The van der Waals surface area contributed by atoms with Crippen LogP contribution < -0.4 is 5.32 Å². The first-order valence-corrected chi connectivity index (χ1v) is 9.69. The van der Waals surface area contributed by atoms with Gasteiger partial charge in [0.25, 0.3) is 0 Å². The van der Waals surface area contributed by atoms with Crippen molar-refractivity contribution in [1.29, 1.82) is 5.26 Å². The third-order valence-corrected chi connectivity index (χ3v) is 6.50. The Balaban J connectivity index is 1.59. The summed E-state index contributed by atoms with van der Waals surface area (Å²) in [5, 5.41) is 20.7. The molecule has 1 N–H and O–H groups in total. The minimum absolute atomic E-state index is 0.0490. The van der Waals surface area contributed by atoms with E-state index < -0.39 is 0 Å². The number of nitrogens with one attached hydrogen (secondary N) is 1. The van der Waals surface area contributed by atoms with Crippen LogP contribution in [0.2, 0.25) is 0 Å². The van der Waals surface area contributed by atoms with Crippen LogP contribution in [0.5, 0.6) is 0 Å². The third kappa shape index (κ3) is 3.48. The lowest BCUT2D eigenvalue weighted by molar-refractivity contribution is -0.115. The highest BCUT2D eigenvalue weighted by Gasteiger charge is 2.21. The Labute approximate surface area is 140 Å². The van der Waals surface area contributed by atoms with E-state index in [1.165, 1.54) is 34.4 Å². The van der Waals surface area contributed by atoms with Gasteiger partial charge in [0, 0.05) is 17.1 Å². The van der Waals surface area contributed by atoms with Crippen molar-refractivity contribution in [2.24, 2.45) is 0 Å². The molecule has 2 aromatic heterocycles. The number of thioether (sulfide) groups is 1. The number of aromatic nitrogens is 2. The number of carbonyl (C=O) groups is 1. The molecule has 22 heavy (non-hydrogen) atoms. The number of hydrogen-bond acceptors (Lipinski definition) is 7. The number of thiophene rings is 1. The highest BCUT2D eigenvalue weighted by atomic mass is 32.2. The van der Waals surface area contributed by atoms with Crippen molar-refractivity contribution in [2.75, 3.05) is 11.1 Å². The first kappa shape index (κ1) is 15.5. The van der Waals surface area contributed by atoms with Crippen LogP contribution in [0.3, 0.4) is 0 Å². The molecule has 0 radical (unpaired) electrons. The zero-order valence-corrected chi connectivity index (χ0v) is 14.2. The minimum atomic E-state index is -0.0490. The van der Waals surface area contributed by atoms with E-state index in [0.717, 1.165) is 34.2 Å². The molecule has 0 aliphatic heterocycles. The topological polar surface area (TPSA) is 78.7 Å². The van der Waals surface area contributed by atoms with Gasteiger partial charge in [0.05, 0.1) is 5.56 Å². The van der Waals surface area contributed by atoms with Crippen molar-refractivity contribution in [1.82, 2.24) is 10.2 Å². The van der Waals surface area contributed by atoms with Crippen LogP contribution in [0, 0.1) is 11.3 Å². The van der Waals surface area contributed by atoms with Gasteiger partial charge < -0.3 is 5.32 Å². The Morgan fingerprint density at radius 2 is 2.32 bits per heavy atom. The number of fused-ring (bicyclic) bond motifs is 1. The number of anilines is 1. The Morgan fingerprint density at radius 3 is 3.09 bits per heavy atom. The SMILES string of the molecule is N#Cc1c(NC(=O)CCSc2nncs2)sc2c1CCCC2. The van der Waals surface area contributed by atoms with Crippen molar-refractivity contribution in [3.05, 3.63) is 21.5 Å². The maximum atomic E-state index is 12.1. The Hall–Kier alpha value is -1.43.